The number of benzene rings is 1. The van der Waals surface area contributed by atoms with Crippen molar-refractivity contribution in [2.24, 2.45) is 4.99 Å². The molecule has 0 spiro atoms. The molecule has 0 aliphatic rings. The van der Waals surface area contributed by atoms with Crippen molar-refractivity contribution >= 4 is 49.7 Å². The molecule has 1 aromatic heterocycles. The molecule has 21 heavy (non-hydrogen) atoms. The van der Waals surface area contributed by atoms with Crippen LogP contribution in [0.25, 0.3) is 0 Å². The Kier molecular flexibility index (Phi) is 6.14. The highest BCUT2D eigenvalue weighted by molar-refractivity contribution is 9.10. The van der Waals surface area contributed by atoms with Gasteiger partial charge < -0.3 is 5.11 Å². The standard InChI is InChI=1S/C14H12Br2ClN3O/c15-10-4-9(14(21)12(17)5-10)6-18-3-1-2-13-19-7-11(16)8-20-13/h4-8,21H,1-3H2. The lowest BCUT2D eigenvalue weighted by Gasteiger charge is -2.02. The van der Waals surface area contributed by atoms with Gasteiger partial charge in [0.25, 0.3) is 0 Å². The number of aliphatic imine (C=N–C) groups is 1. The Morgan fingerprint density at radius 1 is 1.19 bits per heavy atom. The maximum Gasteiger partial charge on any atom is 0.142 e. The lowest BCUT2D eigenvalue weighted by atomic mass is 10.2. The summed E-state index contributed by atoms with van der Waals surface area (Å²) in [6.07, 6.45) is 6.67. The number of aryl methyl sites for hydroxylation is 1. The van der Waals surface area contributed by atoms with Crippen LogP contribution in [-0.2, 0) is 6.42 Å². The molecule has 2 rings (SSSR count). The minimum absolute atomic E-state index is 0.0415. The zero-order valence-corrected chi connectivity index (χ0v) is 14.9. The second-order valence-corrected chi connectivity index (χ2v) is 6.52. The third-order valence-corrected chi connectivity index (χ3v) is 3.80. The molecule has 4 nitrogen and oxygen atoms in total. The summed E-state index contributed by atoms with van der Waals surface area (Å²) in [5.41, 5.74) is 0.592. The molecular weight excluding hydrogens is 421 g/mol. The van der Waals surface area contributed by atoms with E-state index in [0.717, 1.165) is 27.6 Å². The van der Waals surface area contributed by atoms with Crippen LogP contribution in [0.5, 0.6) is 5.75 Å². The van der Waals surface area contributed by atoms with Crippen molar-refractivity contribution in [3.05, 3.63) is 49.9 Å². The highest BCUT2D eigenvalue weighted by Crippen LogP contribution is 2.30. The van der Waals surface area contributed by atoms with Gasteiger partial charge in [-0.05, 0) is 34.5 Å². The predicted molar refractivity (Wildman–Crippen MR) is 91.3 cm³/mol. The van der Waals surface area contributed by atoms with Crippen molar-refractivity contribution in [2.75, 3.05) is 6.54 Å². The van der Waals surface area contributed by atoms with E-state index in [4.69, 9.17) is 11.6 Å². The van der Waals surface area contributed by atoms with E-state index in [1.807, 2.05) is 0 Å². The first-order valence-corrected chi connectivity index (χ1v) is 8.17. The molecule has 0 atom stereocenters. The molecule has 2 aromatic rings. The van der Waals surface area contributed by atoms with Gasteiger partial charge in [-0.3, -0.25) is 4.99 Å². The average Bonchev–Trinajstić information content (AvgIpc) is 2.45. The van der Waals surface area contributed by atoms with Crippen LogP contribution in [0.2, 0.25) is 5.02 Å². The van der Waals surface area contributed by atoms with Gasteiger partial charge in [0.05, 0.1) is 9.50 Å². The summed E-state index contributed by atoms with van der Waals surface area (Å²) in [6.45, 7) is 0.628. The molecule has 1 heterocycles. The molecule has 0 radical (unpaired) electrons. The number of hydrogen-bond acceptors (Lipinski definition) is 4. The largest absolute Gasteiger partial charge is 0.506 e. The summed E-state index contributed by atoms with van der Waals surface area (Å²) in [6, 6.07) is 3.40. The normalized spacial score (nSPS) is 11.2. The number of aromatic nitrogens is 2. The van der Waals surface area contributed by atoms with E-state index in [1.165, 1.54) is 0 Å². The quantitative estimate of drug-likeness (QED) is 0.561. The molecule has 1 N–H and O–H groups in total. The molecular formula is C14H12Br2ClN3O. The topological polar surface area (TPSA) is 58.4 Å². The van der Waals surface area contributed by atoms with Gasteiger partial charge in [0.1, 0.15) is 11.6 Å². The van der Waals surface area contributed by atoms with E-state index in [-0.39, 0.29) is 5.75 Å². The molecule has 0 saturated heterocycles. The van der Waals surface area contributed by atoms with Crippen LogP contribution < -0.4 is 0 Å². The first kappa shape index (κ1) is 16.4. The molecule has 0 bridgehead atoms. The number of halogens is 3. The Balaban J connectivity index is 1.87. The van der Waals surface area contributed by atoms with Crippen LogP contribution in [0.15, 0.2) is 38.5 Å². The van der Waals surface area contributed by atoms with Crippen LogP contribution >= 0.6 is 43.5 Å². The molecule has 0 amide bonds. The SMILES string of the molecule is Oc1c(Cl)cc(Br)cc1C=NCCCc1ncc(Br)cn1. The first-order chi connectivity index (χ1) is 10.1. The third kappa shape index (κ3) is 5.05. The van der Waals surface area contributed by atoms with E-state index in [1.54, 1.807) is 30.7 Å². The van der Waals surface area contributed by atoms with Gasteiger partial charge in [0.15, 0.2) is 0 Å². The molecule has 7 heteroatoms. The Labute approximate surface area is 144 Å². The van der Waals surface area contributed by atoms with E-state index >= 15 is 0 Å². The monoisotopic (exact) mass is 431 g/mol. The maximum atomic E-state index is 9.81. The van der Waals surface area contributed by atoms with Crippen molar-refractivity contribution in [3.8, 4) is 5.75 Å². The molecule has 0 unspecified atom stereocenters. The van der Waals surface area contributed by atoms with Crippen LogP contribution in [0.4, 0.5) is 0 Å². The maximum absolute atomic E-state index is 9.81. The number of phenols is 1. The van der Waals surface area contributed by atoms with Gasteiger partial charge in [0, 0.05) is 41.6 Å². The zero-order chi connectivity index (χ0) is 15.2. The number of nitrogens with zero attached hydrogens (tertiary/aromatic N) is 3. The molecule has 110 valence electrons. The Bertz CT molecular complexity index is 647. The second-order valence-electron chi connectivity index (χ2n) is 4.28. The third-order valence-electron chi connectivity index (χ3n) is 2.65. The fourth-order valence-corrected chi connectivity index (χ4v) is 2.68. The number of hydrogen-bond donors (Lipinski definition) is 1. The second kappa shape index (κ2) is 7.87. The Morgan fingerprint density at radius 2 is 1.90 bits per heavy atom. The van der Waals surface area contributed by atoms with E-state index < -0.39 is 0 Å². The summed E-state index contributed by atoms with van der Waals surface area (Å²) < 4.78 is 1.67. The molecule has 0 aliphatic carbocycles. The Hall–Kier alpha value is -0.980. The van der Waals surface area contributed by atoms with Crippen molar-refractivity contribution in [2.45, 2.75) is 12.8 Å². The van der Waals surface area contributed by atoms with Gasteiger partial charge in [-0.25, -0.2) is 9.97 Å². The van der Waals surface area contributed by atoms with Crippen LogP contribution in [-0.4, -0.2) is 27.8 Å². The van der Waals surface area contributed by atoms with Crippen molar-refractivity contribution < 1.29 is 5.11 Å². The number of rotatable bonds is 5. The Morgan fingerprint density at radius 3 is 2.62 bits per heavy atom. The number of phenolic OH excluding ortho intramolecular Hbond substituents is 1. The first-order valence-electron chi connectivity index (χ1n) is 6.20. The van der Waals surface area contributed by atoms with Gasteiger partial charge in [-0.15, -0.1) is 0 Å². The summed E-state index contributed by atoms with van der Waals surface area (Å²) in [7, 11) is 0. The zero-order valence-electron chi connectivity index (χ0n) is 10.9. The summed E-state index contributed by atoms with van der Waals surface area (Å²) in [4.78, 5) is 12.7. The van der Waals surface area contributed by atoms with E-state index in [9.17, 15) is 5.11 Å². The smallest absolute Gasteiger partial charge is 0.142 e. The molecule has 0 saturated carbocycles. The van der Waals surface area contributed by atoms with Crippen molar-refractivity contribution in [3.63, 3.8) is 0 Å². The van der Waals surface area contributed by atoms with Crippen LogP contribution in [0, 0.1) is 0 Å². The van der Waals surface area contributed by atoms with E-state index in [2.05, 4.69) is 46.8 Å². The van der Waals surface area contributed by atoms with E-state index in [0.29, 0.717) is 17.1 Å². The lowest BCUT2D eigenvalue weighted by molar-refractivity contribution is 0.474. The number of aromatic hydroxyl groups is 1. The van der Waals surface area contributed by atoms with Crippen LogP contribution in [0.1, 0.15) is 17.8 Å². The molecule has 0 fully saturated rings. The van der Waals surface area contributed by atoms with Gasteiger partial charge in [-0.1, -0.05) is 27.5 Å². The summed E-state index contributed by atoms with van der Waals surface area (Å²) in [5.74, 6) is 0.835. The van der Waals surface area contributed by atoms with Crippen LogP contribution in [0.3, 0.4) is 0 Å². The minimum atomic E-state index is 0.0415. The summed E-state index contributed by atoms with van der Waals surface area (Å²) >= 11 is 12.5. The fourth-order valence-electron chi connectivity index (χ4n) is 1.64. The lowest BCUT2D eigenvalue weighted by Crippen LogP contribution is -1.96. The van der Waals surface area contributed by atoms with Gasteiger partial charge >= 0.3 is 0 Å². The summed E-state index contributed by atoms with van der Waals surface area (Å²) in [5, 5.41) is 10.1. The van der Waals surface area contributed by atoms with Gasteiger partial charge in [0.2, 0.25) is 0 Å². The van der Waals surface area contributed by atoms with Crippen molar-refractivity contribution in [1.82, 2.24) is 9.97 Å². The highest BCUT2D eigenvalue weighted by atomic mass is 79.9. The highest BCUT2D eigenvalue weighted by Gasteiger charge is 2.05. The predicted octanol–water partition coefficient (Wildman–Crippen LogP) is 4.41. The molecule has 0 aliphatic heterocycles. The molecule has 1 aromatic carbocycles. The minimum Gasteiger partial charge on any atom is -0.506 e. The van der Waals surface area contributed by atoms with Crippen molar-refractivity contribution in [1.29, 1.82) is 0 Å². The average molecular weight is 434 g/mol. The fraction of sp³-hybridized carbons (Fsp3) is 0.214. The van der Waals surface area contributed by atoms with Gasteiger partial charge in [-0.2, -0.15) is 0 Å².